The molecule has 0 aliphatic heterocycles. The third-order valence-electron chi connectivity index (χ3n) is 3.07. The first-order chi connectivity index (χ1) is 10.2. The zero-order chi connectivity index (χ0) is 16.9. The van der Waals surface area contributed by atoms with Crippen molar-refractivity contribution in [2.45, 2.75) is 38.0 Å². The Hall–Kier alpha value is -1.24. The van der Waals surface area contributed by atoms with Crippen molar-refractivity contribution in [2.24, 2.45) is 0 Å². The average molecular weight is 329 g/mol. The van der Waals surface area contributed by atoms with E-state index < -0.39 is 21.9 Å². The SMILES string of the molecule is C=CCC(N[S+]([O-])C(C)(C)C)c1c(OC)cc(F)cc1OC. The zero-order valence-corrected chi connectivity index (χ0v) is 14.6. The molecule has 1 aromatic carbocycles. The summed E-state index contributed by atoms with van der Waals surface area (Å²) in [6.45, 7) is 9.35. The molecule has 0 heterocycles. The summed E-state index contributed by atoms with van der Waals surface area (Å²) < 4.78 is 39.2. The minimum Gasteiger partial charge on any atom is -0.598 e. The lowest BCUT2D eigenvalue weighted by Gasteiger charge is -2.29. The summed E-state index contributed by atoms with van der Waals surface area (Å²) >= 11 is -1.30. The maximum atomic E-state index is 13.6. The van der Waals surface area contributed by atoms with Crippen LogP contribution in [0, 0.1) is 5.82 Å². The monoisotopic (exact) mass is 329 g/mol. The maximum absolute atomic E-state index is 13.6. The Morgan fingerprint density at radius 3 is 2.18 bits per heavy atom. The Kier molecular flexibility index (Phi) is 6.71. The number of hydrogen-bond acceptors (Lipinski definition) is 4. The van der Waals surface area contributed by atoms with E-state index in [0.29, 0.717) is 23.5 Å². The van der Waals surface area contributed by atoms with Gasteiger partial charge in [-0.05, 0) is 27.2 Å². The first-order valence-electron chi connectivity index (χ1n) is 6.95. The highest BCUT2D eigenvalue weighted by Gasteiger charge is 2.32. The third kappa shape index (κ3) is 4.63. The largest absolute Gasteiger partial charge is 0.598 e. The van der Waals surface area contributed by atoms with Crippen LogP contribution in [0.4, 0.5) is 4.39 Å². The fraction of sp³-hybridized carbons (Fsp3) is 0.500. The highest BCUT2D eigenvalue weighted by molar-refractivity contribution is 7.90. The highest BCUT2D eigenvalue weighted by atomic mass is 32.2. The van der Waals surface area contributed by atoms with E-state index in [2.05, 4.69) is 11.3 Å². The molecule has 6 heteroatoms. The van der Waals surface area contributed by atoms with E-state index in [-0.39, 0.29) is 6.04 Å². The van der Waals surface area contributed by atoms with Gasteiger partial charge in [0, 0.05) is 23.5 Å². The van der Waals surface area contributed by atoms with E-state index in [1.165, 1.54) is 26.4 Å². The Morgan fingerprint density at radius 2 is 1.82 bits per heavy atom. The number of hydrogen-bond donors (Lipinski definition) is 1. The number of ether oxygens (including phenoxy) is 2. The fourth-order valence-corrected chi connectivity index (χ4v) is 2.77. The van der Waals surface area contributed by atoms with Crippen LogP contribution < -0.4 is 14.2 Å². The van der Waals surface area contributed by atoms with Gasteiger partial charge in [-0.2, -0.15) is 0 Å². The standard InChI is InChI=1S/C16H24FNO3S/c1-7-8-12(18-22(19)16(2,3)4)15-13(20-5)9-11(17)10-14(15)21-6/h7,9-10,12,18H,1,8H2,2-6H3. The quantitative estimate of drug-likeness (QED) is 0.614. The van der Waals surface area contributed by atoms with E-state index in [9.17, 15) is 8.94 Å². The summed E-state index contributed by atoms with van der Waals surface area (Å²) in [6, 6.07) is 2.22. The smallest absolute Gasteiger partial charge is 0.136 e. The Morgan fingerprint density at radius 1 is 1.32 bits per heavy atom. The van der Waals surface area contributed by atoms with Crippen LogP contribution in [0.3, 0.4) is 0 Å². The van der Waals surface area contributed by atoms with Gasteiger partial charge in [0.2, 0.25) is 0 Å². The molecule has 0 fully saturated rings. The molecule has 124 valence electrons. The normalized spacial score (nSPS) is 14.3. The van der Waals surface area contributed by atoms with Crippen molar-refractivity contribution in [3.05, 3.63) is 36.2 Å². The summed E-state index contributed by atoms with van der Waals surface area (Å²) in [5.41, 5.74) is 0.629. The Balaban J connectivity index is 3.28. The topological polar surface area (TPSA) is 53.5 Å². The molecule has 0 saturated heterocycles. The predicted molar refractivity (Wildman–Crippen MR) is 88.1 cm³/mol. The van der Waals surface area contributed by atoms with E-state index in [4.69, 9.17) is 9.47 Å². The lowest BCUT2D eigenvalue weighted by atomic mass is 10.0. The molecule has 1 aromatic rings. The number of methoxy groups -OCH3 is 2. The molecule has 22 heavy (non-hydrogen) atoms. The molecule has 0 spiro atoms. The molecule has 0 bridgehead atoms. The minimum atomic E-state index is -1.30. The lowest BCUT2D eigenvalue weighted by molar-refractivity contribution is 0.370. The van der Waals surface area contributed by atoms with Gasteiger partial charge in [-0.1, -0.05) is 6.08 Å². The van der Waals surface area contributed by atoms with Crippen molar-refractivity contribution in [3.8, 4) is 11.5 Å². The molecule has 0 radical (unpaired) electrons. The van der Waals surface area contributed by atoms with Crippen molar-refractivity contribution < 1.29 is 18.4 Å². The van der Waals surface area contributed by atoms with Crippen LogP contribution in [0.2, 0.25) is 0 Å². The number of nitrogens with one attached hydrogen (secondary N) is 1. The van der Waals surface area contributed by atoms with Gasteiger partial charge in [-0.25, -0.2) is 4.39 Å². The Labute approximate surface area is 135 Å². The third-order valence-corrected chi connectivity index (χ3v) is 4.68. The highest BCUT2D eigenvalue weighted by Crippen LogP contribution is 2.37. The summed E-state index contributed by atoms with van der Waals surface area (Å²) in [5, 5.41) is 0. The fourth-order valence-electron chi connectivity index (χ4n) is 1.95. The van der Waals surface area contributed by atoms with Gasteiger partial charge < -0.3 is 14.0 Å². The average Bonchev–Trinajstić information content (AvgIpc) is 2.44. The summed E-state index contributed by atoms with van der Waals surface area (Å²) in [7, 11) is 2.92. The molecule has 1 rings (SSSR count). The minimum absolute atomic E-state index is 0.349. The van der Waals surface area contributed by atoms with E-state index in [0.717, 1.165) is 0 Å². The molecule has 0 saturated carbocycles. The number of halogens is 1. The van der Waals surface area contributed by atoms with Crippen LogP contribution in [-0.4, -0.2) is 23.5 Å². The van der Waals surface area contributed by atoms with Gasteiger partial charge in [0.05, 0.1) is 25.8 Å². The molecule has 2 unspecified atom stereocenters. The second-order valence-electron chi connectivity index (χ2n) is 5.80. The van der Waals surface area contributed by atoms with Gasteiger partial charge in [0.25, 0.3) is 0 Å². The van der Waals surface area contributed by atoms with Crippen LogP contribution in [0.15, 0.2) is 24.8 Å². The van der Waals surface area contributed by atoms with Crippen LogP contribution in [0.5, 0.6) is 11.5 Å². The van der Waals surface area contributed by atoms with Gasteiger partial charge >= 0.3 is 0 Å². The van der Waals surface area contributed by atoms with Gasteiger partial charge in [-0.3, -0.25) is 0 Å². The van der Waals surface area contributed by atoms with Crippen LogP contribution in [-0.2, 0) is 11.4 Å². The summed E-state index contributed by atoms with van der Waals surface area (Å²) in [6.07, 6.45) is 2.21. The predicted octanol–water partition coefficient (Wildman–Crippen LogP) is 3.51. The molecule has 0 aromatic heterocycles. The molecule has 0 aliphatic carbocycles. The van der Waals surface area contributed by atoms with Crippen molar-refractivity contribution >= 4 is 11.4 Å². The van der Waals surface area contributed by atoms with Gasteiger partial charge in [-0.15, -0.1) is 11.3 Å². The van der Waals surface area contributed by atoms with E-state index in [1.54, 1.807) is 6.08 Å². The van der Waals surface area contributed by atoms with Gasteiger partial charge in [0.15, 0.2) is 0 Å². The van der Waals surface area contributed by atoms with Crippen LogP contribution in [0.25, 0.3) is 0 Å². The van der Waals surface area contributed by atoms with Crippen molar-refractivity contribution in [1.82, 2.24) is 4.72 Å². The lowest BCUT2D eigenvalue weighted by Crippen LogP contribution is -2.41. The van der Waals surface area contributed by atoms with Crippen molar-refractivity contribution in [2.75, 3.05) is 14.2 Å². The zero-order valence-electron chi connectivity index (χ0n) is 13.7. The number of benzene rings is 1. The molecular formula is C16H24FNO3S. The maximum Gasteiger partial charge on any atom is 0.136 e. The number of rotatable bonds is 7. The van der Waals surface area contributed by atoms with Crippen molar-refractivity contribution in [3.63, 3.8) is 0 Å². The van der Waals surface area contributed by atoms with E-state index in [1.807, 2.05) is 20.8 Å². The summed E-state index contributed by atoms with van der Waals surface area (Å²) in [5.74, 6) is 0.246. The molecule has 2 atom stereocenters. The second-order valence-corrected chi connectivity index (χ2v) is 7.80. The molecule has 4 nitrogen and oxygen atoms in total. The van der Waals surface area contributed by atoms with Crippen LogP contribution >= 0.6 is 0 Å². The molecular weight excluding hydrogens is 305 g/mol. The van der Waals surface area contributed by atoms with Crippen LogP contribution in [0.1, 0.15) is 38.8 Å². The van der Waals surface area contributed by atoms with E-state index >= 15 is 0 Å². The summed E-state index contributed by atoms with van der Waals surface area (Å²) in [4.78, 5) is 0. The molecule has 1 N–H and O–H groups in total. The molecule has 0 amide bonds. The van der Waals surface area contributed by atoms with Gasteiger partial charge in [0.1, 0.15) is 22.1 Å². The first kappa shape index (κ1) is 18.8. The Bertz CT molecular complexity index is 492. The van der Waals surface area contributed by atoms with Crippen molar-refractivity contribution in [1.29, 1.82) is 0 Å². The molecule has 0 aliphatic rings. The second kappa shape index (κ2) is 7.85. The first-order valence-corrected chi connectivity index (χ1v) is 8.10.